The monoisotopic (exact) mass is 1160 g/mol. The van der Waals surface area contributed by atoms with Crippen molar-refractivity contribution in [3.63, 3.8) is 0 Å². The van der Waals surface area contributed by atoms with Gasteiger partial charge in [-0.15, -0.1) is 5.70 Å². The summed E-state index contributed by atoms with van der Waals surface area (Å²) in [4.78, 5) is 35.3. The Morgan fingerprint density at radius 2 is 0.772 bits per heavy atom. The van der Waals surface area contributed by atoms with E-state index in [2.05, 4.69) is 226 Å². The van der Waals surface area contributed by atoms with Gasteiger partial charge in [-0.1, -0.05) is 164 Å². The molecule has 0 amide bonds. The summed E-state index contributed by atoms with van der Waals surface area (Å²) < 4.78 is 0. The number of para-hydroxylation sites is 4. The van der Waals surface area contributed by atoms with Gasteiger partial charge in [0.2, 0.25) is 0 Å². The molecule has 5 N–H and O–H groups in total. The van der Waals surface area contributed by atoms with Gasteiger partial charge in [0, 0.05) is 52.2 Å². The maximum Gasteiger partial charge on any atom is 4.00 e. The Morgan fingerprint density at radius 1 is 0.494 bits per heavy atom. The Kier molecular flexibility index (Phi) is 26.2. The van der Waals surface area contributed by atoms with Gasteiger partial charge in [0.05, 0.1) is 22.5 Å². The first-order valence-corrected chi connectivity index (χ1v) is 24.8. The molecule has 12 nitrogen and oxygen atoms in total. The number of pyridine rings is 2. The van der Waals surface area contributed by atoms with E-state index in [1.807, 2.05) is 48.8 Å². The second-order valence-corrected chi connectivity index (χ2v) is 16.6. The number of rotatable bonds is 16. The van der Waals surface area contributed by atoms with Gasteiger partial charge in [0.1, 0.15) is 0 Å². The number of thiocarbonyl (C=S) groups is 2. The van der Waals surface area contributed by atoms with Crippen LogP contribution in [0.1, 0.15) is 36.1 Å². The maximum absolute atomic E-state index is 10.7. The Labute approximate surface area is 484 Å². The van der Waals surface area contributed by atoms with E-state index >= 15 is 0 Å². The minimum absolute atomic E-state index is 0. The number of hydrogen-bond donors (Lipinski definition) is 3. The molecule has 0 unspecified atom stereocenters. The van der Waals surface area contributed by atoms with E-state index in [1.165, 1.54) is 36.3 Å². The number of allylic oxidation sites excluding steroid dienone is 2. The van der Waals surface area contributed by atoms with Crippen molar-refractivity contribution < 1.29 is 39.3 Å². The molecule has 0 spiro atoms. The summed E-state index contributed by atoms with van der Waals surface area (Å²) in [5.41, 5.74) is 25.2. The molecule has 392 valence electrons. The number of anilines is 6. The third-order valence-corrected chi connectivity index (χ3v) is 11.2. The molecule has 0 bridgehead atoms. The number of carboxylic acids is 2. The molecular weight excluding hydrogens is 1110 g/mol. The van der Waals surface area contributed by atoms with E-state index < -0.39 is 11.9 Å². The largest absolute Gasteiger partial charge is 4.00 e. The van der Waals surface area contributed by atoms with Crippen LogP contribution in [-0.4, -0.2) is 42.4 Å². The van der Waals surface area contributed by atoms with E-state index in [-0.39, 0.29) is 42.0 Å². The molecule has 0 saturated carbocycles. The Balaban J connectivity index is 0.000000454. The van der Waals surface area contributed by atoms with Gasteiger partial charge < -0.3 is 42.3 Å². The van der Waals surface area contributed by atoms with Crippen molar-refractivity contribution in [2.45, 2.75) is 13.8 Å². The fraction of sp³-hybridized carbons (Fsp3) is 0.0312. The smallest absolute Gasteiger partial charge is 0.753 e. The van der Waals surface area contributed by atoms with Crippen molar-refractivity contribution in [2.24, 2.45) is 5.73 Å². The van der Waals surface area contributed by atoms with Crippen LogP contribution in [0.4, 0.5) is 34.1 Å². The summed E-state index contributed by atoms with van der Waals surface area (Å²) >= 11 is 7.40. The third-order valence-electron chi connectivity index (χ3n) is 11.2. The predicted molar refractivity (Wildman–Crippen MR) is 327 cm³/mol. The van der Waals surface area contributed by atoms with Gasteiger partial charge in [-0.2, -0.15) is 10.3 Å². The summed E-state index contributed by atoms with van der Waals surface area (Å²) in [7, 11) is 0. The van der Waals surface area contributed by atoms with E-state index in [0.717, 1.165) is 79.9 Å². The molecule has 0 fully saturated rings. The molecule has 8 rings (SSSR count). The van der Waals surface area contributed by atoms with Crippen LogP contribution < -0.4 is 15.5 Å². The van der Waals surface area contributed by atoms with Crippen LogP contribution in [-0.2, 0) is 29.1 Å². The Bertz CT molecular complexity index is 3180. The zero-order valence-electron chi connectivity index (χ0n) is 42.9. The second kappa shape index (κ2) is 33.5. The van der Waals surface area contributed by atoms with Crippen LogP contribution in [0.3, 0.4) is 0 Å². The van der Waals surface area contributed by atoms with Crippen LogP contribution in [0.5, 0.6) is 0 Å². The molecule has 0 aliphatic carbocycles. The predicted octanol–water partition coefficient (Wildman–Crippen LogP) is 16.6. The molecule has 0 aliphatic heterocycles. The van der Waals surface area contributed by atoms with Gasteiger partial charge in [-0.25, -0.2) is 9.59 Å². The Morgan fingerprint density at radius 3 is 1.06 bits per heavy atom. The van der Waals surface area contributed by atoms with Crippen LogP contribution >= 0.6 is 24.4 Å². The number of carbonyl (C=O) groups is 2. The number of nitrogens with two attached hydrogens (primary N) is 1. The van der Waals surface area contributed by atoms with Crippen LogP contribution in [0.25, 0.3) is 52.2 Å². The van der Waals surface area contributed by atoms with E-state index in [9.17, 15) is 9.59 Å². The van der Waals surface area contributed by atoms with Crippen molar-refractivity contribution in [3.05, 3.63) is 292 Å². The molecule has 8 aromatic rings. The normalized spacial score (nSPS) is 11.2. The van der Waals surface area contributed by atoms with Crippen LogP contribution in [0.15, 0.2) is 253 Å². The van der Waals surface area contributed by atoms with Gasteiger partial charge >= 0.3 is 31.4 Å². The number of aliphatic carboxylic acids is 2. The van der Waals surface area contributed by atoms with Crippen LogP contribution in [0.2, 0.25) is 0 Å². The molecule has 0 atom stereocenters. The van der Waals surface area contributed by atoms with Crippen molar-refractivity contribution in [1.29, 1.82) is 0 Å². The maximum atomic E-state index is 10.7. The van der Waals surface area contributed by atoms with Crippen molar-refractivity contribution >= 4 is 105 Å². The van der Waals surface area contributed by atoms with E-state index in [0.29, 0.717) is 0 Å². The Hall–Kier alpha value is -9.58. The number of hydrogen-bond acceptors (Lipinski definition) is 9. The number of aromatic nitrogens is 2. The zero-order valence-corrected chi connectivity index (χ0v) is 46.3. The van der Waals surface area contributed by atoms with Crippen molar-refractivity contribution in [3.8, 4) is 11.4 Å². The topological polar surface area (TPSA) is 201 Å². The van der Waals surface area contributed by atoms with E-state index in [4.69, 9.17) is 32.5 Å². The average molecular weight is 1160 g/mol. The molecule has 79 heavy (non-hydrogen) atoms. The number of nitrogens with zero attached hydrogens (tertiary/aromatic N) is 6. The summed E-state index contributed by atoms with van der Waals surface area (Å²) in [5.74, 6) is -2.35. The van der Waals surface area contributed by atoms with Crippen molar-refractivity contribution in [2.75, 3.05) is 9.80 Å². The fourth-order valence-electron chi connectivity index (χ4n) is 7.46. The second-order valence-electron chi connectivity index (χ2n) is 16.3. The number of isothiocyanates is 2. The summed E-state index contributed by atoms with van der Waals surface area (Å²) in [6.07, 6.45) is 17.0. The number of carboxylic acid groups (broad SMARTS) is 2. The SMILES string of the molecule is C(=C\c1ccnc(-c2cc(/C=C/c3ccc(N(c4ccccc4)c4ccccc4)cc3)ccn2)c1)/c1ccc(N(c2ccccc2)c2ccccc2)cc1.C\C=C(/C=C([NH-])/C(N)=C/C(=C\C)C(=O)O)C(=O)O.[N-]=C=S.[N-]=C=S.[Ru+4]. The molecule has 0 aliphatic rings. The zero-order chi connectivity index (χ0) is 56.1. The minimum atomic E-state index is -1.18. The molecule has 2 aromatic heterocycles. The van der Waals surface area contributed by atoms with E-state index in [1.54, 1.807) is 0 Å². The summed E-state index contributed by atoms with van der Waals surface area (Å²) in [6, 6.07) is 67.3. The molecule has 6 aromatic carbocycles. The standard InChI is InChI=1S/C50H38N4.C12H15N2O4.2CNS.Ru/c1-5-13-43(14-6-1)53(44-15-7-2-8-16-44)47-29-25-39(26-30-47)21-23-41-33-35-51-49(37-41)50-38-42(34-36-52-50)24-22-40-27-31-48(32-28-40)54(45-17-9-3-10-18-45)46-19-11-4-12-20-46;1-3-7(11(15)16)5-9(13)10(14)6-8(4-2)12(17)18;2*2-1-3;/h1-38H;3-6,13H,14H2,1-2H3,(H,15,16)(H,17,18);;;/q;3*-1;+4/b23-21+,24-22+;7-3+,8-4+,9-5-,10-6-;;;. The molecule has 0 saturated heterocycles. The molecule has 2 heterocycles. The first-order chi connectivity index (χ1) is 37.9. The van der Waals surface area contributed by atoms with Gasteiger partial charge in [0.15, 0.2) is 0 Å². The van der Waals surface area contributed by atoms with Crippen molar-refractivity contribution in [1.82, 2.24) is 9.97 Å². The quantitative estimate of drug-likeness (QED) is 0.0273. The fourth-order valence-corrected chi connectivity index (χ4v) is 7.46. The van der Waals surface area contributed by atoms with Gasteiger partial charge in [-0.05, 0) is 139 Å². The first-order valence-electron chi connectivity index (χ1n) is 23.9. The average Bonchev–Trinajstić information content (AvgIpc) is 3.48. The third kappa shape index (κ3) is 19.5. The number of benzene rings is 6. The van der Waals surface area contributed by atoms with Crippen LogP contribution in [0, 0.1) is 0 Å². The number of nitrogens with one attached hydrogen (secondary N) is 1. The summed E-state index contributed by atoms with van der Waals surface area (Å²) in [6.45, 7) is 3.04. The molecule has 15 heteroatoms. The first kappa shape index (κ1) is 62.0. The van der Waals surface area contributed by atoms with Gasteiger partial charge in [0.25, 0.3) is 0 Å². The van der Waals surface area contributed by atoms with Gasteiger partial charge in [-0.3, -0.25) is 9.97 Å². The molecule has 0 radical (unpaired) electrons. The molecular formula is C64H53N8O4RuS2+. The summed E-state index contributed by atoms with van der Waals surface area (Å²) in [5, 5.41) is 34.5. The minimum Gasteiger partial charge on any atom is -0.753 e.